The molecule has 1 amide bonds. The van der Waals surface area contributed by atoms with Gasteiger partial charge in [-0.25, -0.2) is 25.1 Å². The lowest BCUT2D eigenvalue weighted by molar-refractivity contribution is 0.230. The molecule has 0 spiro atoms. The highest BCUT2D eigenvalue weighted by molar-refractivity contribution is 5.95. The number of amidine groups is 1. The van der Waals surface area contributed by atoms with Gasteiger partial charge in [-0.15, -0.1) is 5.10 Å². The third kappa shape index (κ3) is 5.00. The normalized spacial score (nSPS) is 14.1. The number of rotatable bonds is 5. The number of carbonyl (C=O) groups is 1. The van der Waals surface area contributed by atoms with E-state index in [9.17, 15) is 9.59 Å². The summed E-state index contributed by atoms with van der Waals surface area (Å²) >= 11 is 0. The van der Waals surface area contributed by atoms with Gasteiger partial charge in [-0.05, 0) is 37.8 Å². The summed E-state index contributed by atoms with van der Waals surface area (Å²) in [7, 11) is 1.53. The third-order valence-corrected chi connectivity index (χ3v) is 4.62. The number of nitrogens with zero attached hydrogens (tertiary/aromatic N) is 4. The number of hydrogen-bond acceptors (Lipinski definition) is 6. The number of aromatic nitrogens is 2. The summed E-state index contributed by atoms with van der Waals surface area (Å²) in [5.41, 5.74) is 12.7. The Morgan fingerprint density at radius 1 is 1.27 bits per heavy atom. The molecule has 0 radical (unpaired) electrons. The number of nitrogens with two attached hydrogens (primary N) is 3. The van der Waals surface area contributed by atoms with E-state index in [4.69, 9.17) is 17.3 Å². The highest BCUT2D eigenvalue weighted by atomic mass is 16.2. The molecule has 166 valence electrons. The molecule has 0 aliphatic heterocycles. The van der Waals surface area contributed by atoms with Crippen LogP contribution in [0.25, 0.3) is 11.0 Å². The maximum absolute atomic E-state index is 13.3. The van der Waals surface area contributed by atoms with E-state index in [0.717, 1.165) is 15.2 Å². The molecule has 0 fully saturated rings. The number of fused-ring (bicyclic) bond motifs is 1. The van der Waals surface area contributed by atoms with Gasteiger partial charge in [0.2, 0.25) is 0 Å². The molecule has 10 nitrogen and oxygen atoms in total. The maximum Gasteiger partial charge on any atom is 0.337 e. The second kappa shape index (κ2) is 8.11. The van der Waals surface area contributed by atoms with Gasteiger partial charge in [-0.1, -0.05) is 32.9 Å². The first kappa shape index (κ1) is 23.4. The lowest BCUT2D eigenvalue weighted by atomic mass is 9.86. The average molecular weight is 419 g/mol. The zero-order valence-corrected chi connectivity index (χ0v) is 18.9. The number of imidazole rings is 1. The van der Waals surface area contributed by atoms with Crippen molar-refractivity contribution in [3.63, 3.8) is 0 Å². The summed E-state index contributed by atoms with van der Waals surface area (Å²) in [4.78, 5) is 26.5. The van der Waals surface area contributed by atoms with Crippen molar-refractivity contribution in [1.82, 2.24) is 19.6 Å². The van der Waals surface area contributed by atoms with Crippen molar-refractivity contribution in [3.05, 3.63) is 34.2 Å². The Morgan fingerprint density at radius 2 is 1.87 bits per heavy atom. The van der Waals surface area contributed by atoms with E-state index in [0.29, 0.717) is 11.0 Å². The summed E-state index contributed by atoms with van der Waals surface area (Å²) in [6.45, 7) is 11.5. The fraction of sp³-hybridized carbons (Fsp3) is 0.550. The monoisotopic (exact) mass is 418 g/mol. The zero-order valence-electron chi connectivity index (χ0n) is 18.9. The lowest BCUT2D eigenvalue weighted by Gasteiger charge is -2.31. The van der Waals surface area contributed by atoms with Gasteiger partial charge >= 0.3 is 11.7 Å². The van der Waals surface area contributed by atoms with Crippen LogP contribution in [-0.2, 0) is 6.54 Å². The Labute approximate surface area is 176 Å². The number of hydrazone groups is 1. The molecule has 30 heavy (non-hydrogen) atoms. The van der Waals surface area contributed by atoms with Crippen molar-refractivity contribution >= 4 is 22.9 Å². The highest BCUT2D eigenvalue weighted by Crippen LogP contribution is 2.22. The fourth-order valence-corrected chi connectivity index (χ4v) is 3.41. The van der Waals surface area contributed by atoms with Crippen LogP contribution in [0.1, 0.15) is 40.2 Å². The number of carbonyl (C=O) groups excluding carboxylic acids is 1. The van der Waals surface area contributed by atoms with Crippen LogP contribution in [0.4, 0.5) is 4.79 Å². The van der Waals surface area contributed by atoms with Crippen molar-refractivity contribution in [3.8, 4) is 0 Å². The molecule has 7 N–H and O–H groups in total. The molecule has 0 saturated carbocycles. The predicted molar refractivity (Wildman–Crippen MR) is 120 cm³/mol. The molecular weight excluding hydrogens is 384 g/mol. The molecular formula is C20H34N8O2. The number of para-hydroxylation sites is 1. The Kier molecular flexibility index (Phi) is 6.34. The van der Waals surface area contributed by atoms with E-state index in [2.05, 4.69) is 10.4 Å². The standard InChI is InChI=1S/C20H34N8O2/c1-12-9-8-10-13-14(12)27(11-20(5,6)22)18(30)28(13)17(29)24-15(19(2,3)4)16(21)25-26(7)23/h8-10,15H,11,22-23H2,1-7H3,(H2,21,25)(H,24,29). The second-order valence-electron chi connectivity index (χ2n) is 9.48. The zero-order chi connectivity index (χ0) is 23.0. The van der Waals surface area contributed by atoms with Gasteiger partial charge in [0.15, 0.2) is 0 Å². The minimum Gasteiger partial charge on any atom is -0.384 e. The van der Waals surface area contributed by atoms with E-state index in [1.165, 1.54) is 7.05 Å². The summed E-state index contributed by atoms with van der Waals surface area (Å²) < 4.78 is 2.66. The molecule has 1 aromatic carbocycles. The van der Waals surface area contributed by atoms with Gasteiger partial charge in [0.1, 0.15) is 5.84 Å². The largest absolute Gasteiger partial charge is 0.384 e. The van der Waals surface area contributed by atoms with Crippen LogP contribution in [0.15, 0.2) is 28.1 Å². The van der Waals surface area contributed by atoms with Crippen molar-refractivity contribution in [2.75, 3.05) is 7.05 Å². The average Bonchev–Trinajstić information content (AvgIpc) is 2.82. The second-order valence-corrected chi connectivity index (χ2v) is 9.48. The number of hydrogen-bond donors (Lipinski definition) is 4. The summed E-state index contributed by atoms with van der Waals surface area (Å²) in [5.74, 6) is 5.71. The first-order chi connectivity index (χ1) is 13.6. The number of benzene rings is 1. The third-order valence-electron chi connectivity index (χ3n) is 4.62. The molecule has 1 unspecified atom stereocenters. The maximum atomic E-state index is 13.3. The smallest absolute Gasteiger partial charge is 0.337 e. The van der Waals surface area contributed by atoms with Gasteiger partial charge in [0.25, 0.3) is 0 Å². The SMILES string of the molecule is Cc1cccc2c1n(CC(C)(C)N)c(=O)n2C(=O)NC(/C(N)=N/N(C)N)C(C)(C)C. The fourth-order valence-electron chi connectivity index (χ4n) is 3.41. The van der Waals surface area contributed by atoms with E-state index in [1.54, 1.807) is 16.7 Å². The molecule has 2 rings (SSSR count). The van der Waals surface area contributed by atoms with Crippen LogP contribution in [0, 0.1) is 12.3 Å². The minimum atomic E-state index is -0.656. The molecule has 0 aliphatic rings. The van der Waals surface area contributed by atoms with Crippen LogP contribution in [-0.4, -0.2) is 44.7 Å². The van der Waals surface area contributed by atoms with E-state index in [-0.39, 0.29) is 12.4 Å². The molecule has 1 heterocycles. The Hall–Kier alpha value is -2.85. The van der Waals surface area contributed by atoms with Crippen LogP contribution < -0.4 is 28.3 Å². The summed E-state index contributed by atoms with van der Waals surface area (Å²) in [6, 6.07) is 4.18. The number of amides is 1. The lowest BCUT2D eigenvalue weighted by Crippen LogP contribution is -2.55. The van der Waals surface area contributed by atoms with Crippen molar-refractivity contribution in [2.45, 2.75) is 59.7 Å². The molecule has 10 heteroatoms. The Bertz CT molecular complexity index is 1020. The van der Waals surface area contributed by atoms with E-state index < -0.39 is 28.7 Å². The van der Waals surface area contributed by atoms with Crippen molar-refractivity contribution in [1.29, 1.82) is 0 Å². The van der Waals surface area contributed by atoms with Gasteiger partial charge in [0, 0.05) is 19.1 Å². The summed E-state index contributed by atoms with van der Waals surface area (Å²) in [5, 5.41) is 7.95. The highest BCUT2D eigenvalue weighted by Gasteiger charge is 2.32. The van der Waals surface area contributed by atoms with E-state index in [1.807, 2.05) is 47.6 Å². The van der Waals surface area contributed by atoms with Crippen LogP contribution in [0.3, 0.4) is 0 Å². The first-order valence-corrected chi connectivity index (χ1v) is 9.76. The number of hydrazine groups is 1. The van der Waals surface area contributed by atoms with Gasteiger partial charge in [-0.2, -0.15) is 0 Å². The van der Waals surface area contributed by atoms with Gasteiger partial charge in [0.05, 0.1) is 17.1 Å². The summed E-state index contributed by atoms with van der Waals surface area (Å²) in [6.07, 6.45) is 0. The Morgan fingerprint density at radius 3 is 2.37 bits per heavy atom. The van der Waals surface area contributed by atoms with Gasteiger partial charge < -0.3 is 16.8 Å². The van der Waals surface area contributed by atoms with Crippen LogP contribution in [0.5, 0.6) is 0 Å². The molecule has 0 aliphatic carbocycles. The molecule has 1 aromatic heterocycles. The quantitative estimate of drug-likeness (QED) is 0.245. The number of aryl methyl sites for hydroxylation is 1. The van der Waals surface area contributed by atoms with Crippen LogP contribution in [0.2, 0.25) is 0 Å². The van der Waals surface area contributed by atoms with Crippen molar-refractivity contribution in [2.24, 2.45) is 27.8 Å². The molecule has 0 bridgehead atoms. The molecule has 0 saturated heterocycles. The first-order valence-electron chi connectivity index (χ1n) is 9.76. The van der Waals surface area contributed by atoms with Crippen molar-refractivity contribution < 1.29 is 4.79 Å². The Balaban J connectivity index is 2.62. The molecule has 1 atom stereocenters. The molecule has 2 aromatic rings. The predicted octanol–water partition coefficient (Wildman–Crippen LogP) is 0.899. The minimum absolute atomic E-state index is 0.136. The van der Waals surface area contributed by atoms with Gasteiger partial charge in [-0.3, -0.25) is 4.57 Å². The van der Waals surface area contributed by atoms with Crippen LogP contribution >= 0.6 is 0 Å². The number of nitrogens with one attached hydrogen (secondary N) is 1. The van der Waals surface area contributed by atoms with E-state index >= 15 is 0 Å². The topological polar surface area (TPSA) is 150 Å².